The van der Waals surface area contributed by atoms with E-state index < -0.39 is 0 Å². The second kappa shape index (κ2) is 8.22. The number of para-hydroxylation sites is 1. The summed E-state index contributed by atoms with van der Waals surface area (Å²) in [6, 6.07) is 10.5. The van der Waals surface area contributed by atoms with E-state index in [0.29, 0.717) is 12.6 Å². The van der Waals surface area contributed by atoms with Crippen molar-refractivity contribution < 1.29 is 0 Å². The van der Waals surface area contributed by atoms with Gasteiger partial charge in [-0.2, -0.15) is 5.10 Å². The summed E-state index contributed by atoms with van der Waals surface area (Å²) >= 11 is 0. The van der Waals surface area contributed by atoms with Crippen molar-refractivity contribution >= 4 is 5.96 Å². The molecule has 0 aliphatic heterocycles. The molecule has 2 aromatic rings. The van der Waals surface area contributed by atoms with Crippen LogP contribution in [0.3, 0.4) is 0 Å². The molecule has 1 aromatic heterocycles. The molecule has 0 amide bonds. The molecule has 2 rings (SSSR count). The molecular formula is C17H25N5. The summed E-state index contributed by atoms with van der Waals surface area (Å²) in [5.74, 6) is 0.851. The smallest absolute Gasteiger partial charge is 0.191 e. The van der Waals surface area contributed by atoms with Crippen LogP contribution in [-0.4, -0.2) is 28.3 Å². The lowest BCUT2D eigenvalue weighted by molar-refractivity contribution is 0.624. The fourth-order valence-corrected chi connectivity index (χ4v) is 1.99. The van der Waals surface area contributed by atoms with Crippen molar-refractivity contribution in [2.45, 2.75) is 39.8 Å². The van der Waals surface area contributed by atoms with Gasteiger partial charge in [0.15, 0.2) is 5.96 Å². The number of hydrogen-bond acceptors (Lipinski definition) is 2. The van der Waals surface area contributed by atoms with E-state index in [1.807, 2.05) is 47.4 Å². The van der Waals surface area contributed by atoms with Crippen molar-refractivity contribution in [3.05, 3.63) is 48.3 Å². The largest absolute Gasteiger partial charge is 0.357 e. The molecule has 22 heavy (non-hydrogen) atoms. The second-order valence-corrected chi connectivity index (χ2v) is 5.28. The van der Waals surface area contributed by atoms with E-state index in [1.54, 1.807) is 0 Å². The zero-order chi connectivity index (χ0) is 15.8. The average molecular weight is 299 g/mol. The average Bonchev–Trinajstić information content (AvgIpc) is 3.02. The Morgan fingerprint density at radius 2 is 2.05 bits per heavy atom. The van der Waals surface area contributed by atoms with Crippen LogP contribution >= 0.6 is 0 Å². The minimum absolute atomic E-state index is 0.407. The van der Waals surface area contributed by atoms with Gasteiger partial charge in [-0.1, -0.05) is 25.1 Å². The fourth-order valence-electron chi connectivity index (χ4n) is 1.99. The van der Waals surface area contributed by atoms with Crippen molar-refractivity contribution in [3.63, 3.8) is 0 Å². The van der Waals surface area contributed by atoms with Crippen LogP contribution in [0.25, 0.3) is 5.69 Å². The Morgan fingerprint density at radius 3 is 2.73 bits per heavy atom. The quantitative estimate of drug-likeness (QED) is 0.637. The molecule has 118 valence electrons. The molecule has 2 N–H and O–H groups in total. The first kappa shape index (κ1) is 16.1. The number of benzene rings is 1. The first-order valence-corrected chi connectivity index (χ1v) is 7.86. The third-order valence-corrected chi connectivity index (χ3v) is 3.42. The van der Waals surface area contributed by atoms with E-state index in [2.05, 4.69) is 41.5 Å². The Labute approximate surface area is 132 Å². The summed E-state index contributed by atoms with van der Waals surface area (Å²) in [5, 5.41) is 11.1. The summed E-state index contributed by atoms with van der Waals surface area (Å²) in [6.45, 7) is 7.84. The fraction of sp³-hybridized carbons (Fsp3) is 0.412. The third-order valence-electron chi connectivity index (χ3n) is 3.42. The molecular weight excluding hydrogens is 274 g/mol. The molecule has 0 fully saturated rings. The highest BCUT2D eigenvalue weighted by molar-refractivity contribution is 5.80. The molecule has 0 aliphatic rings. The predicted octanol–water partition coefficient (Wildman–Crippen LogP) is 2.73. The Kier molecular flexibility index (Phi) is 6.01. The van der Waals surface area contributed by atoms with Crippen LogP contribution in [0, 0.1) is 0 Å². The zero-order valence-corrected chi connectivity index (χ0v) is 13.6. The molecule has 1 atom stereocenters. The number of hydrogen-bond donors (Lipinski definition) is 2. The van der Waals surface area contributed by atoms with Crippen molar-refractivity contribution in [1.82, 2.24) is 20.4 Å². The number of guanidine groups is 1. The van der Waals surface area contributed by atoms with Gasteiger partial charge in [-0.15, -0.1) is 0 Å². The molecule has 0 radical (unpaired) electrons. The maximum absolute atomic E-state index is 4.62. The maximum atomic E-state index is 4.62. The van der Waals surface area contributed by atoms with Crippen LogP contribution in [0.4, 0.5) is 0 Å². The lowest BCUT2D eigenvalue weighted by Gasteiger charge is -2.15. The summed E-state index contributed by atoms with van der Waals surface area (Å²) in [4.78, 5) is 4.62. The van der Waals surface area contributed by atoms with E-state index in [4.69, 9.17) is 0 Å². The van der Waals surface area contributed by atoms with Crippen molar-refractivity contribution in [2.75, 3.05) is 6.54 Å². The highest BCUT2D eigenvalue weighted by atomic mass is 15.3. The standard InChI is InChI=1S/C17H25N5/c1-4-14(3)21-17(18-5-2)19-11-15-12-20-22(13-15)16-9-7-6-8-10-16/h6-10,12-14H,4-5,11H2,1-3H3,(H2,18,19,21). The first-order valence-electron chi connectivity index (χ1n) is 7.86. The maximum Gasteiger partial charge on any atom is 0.191 e. The Morgan fingerprint density at radius 1 is 1.27 bits per heavy atom. The monoisotopic (exact) mass is 299 g/mol. The van der Waals surface area contributed by atoms with Crippen LogP contribution in [0.1, 0.15) is 32.8 Å². The molecule has 1 heterocycles. The van der Waals surface area contributed by atoms with Crippen LogP contribution in [0.2, 0.25) is 0 Å². The van der Waals surface area contributed by atoms with Crippen molar-refractivity contribution in [1.29, 1.82) is 0 Å². The number of aromatic nitrogens is 2. The normalized spacial score (nSPS) is 13.0. The summed E-state index contributed by atoms with van der Waals surface area (Å²) in [6.07, 6.45) is 4.95. The van der Waals surface area contributed by atoms with Crippen LogP contribution in [0.15, 0.2) is 47.7 Å². The molecule has 1 unspecified atom stereocenters. The van der Waals surface area contributed by atoms with E-state index >= 15 is 0 Å². The predicted molar refractivity (Wildman–Crippen MR) is 91.3 cm³/mol. The van der Waals surface area contributed by atoms with Gasteiger partial charge < -0.3 is 10.6 Å². The molecule has 5 nitrogen and oxygen atoms in total. The minimum Gasteiger partial charge on any atom is -0.357 e. The van der Waals surface area contributed by atoms with Gasteiger partial charge in [-0.05, 0) is 32.4 Å². The first-order chi connectivity index (χ1) is 10.7. The van der Waals surface area contributed by atoms with Crippen LogP contribution in [0.5, 0.6) is 0 Å². The van der Waals surface area contributed by atoms with Gasteiger partial charge in [-0.3, -0.25) is 0 Å². The van der Waals surface area contributed by atoms with Gasteiger partial charge in [0.2, 0.25) is 0 Å². The highest BCUT2D eigenvalue weighted by Crippen LogP contribution is 2.08. The minimum atomic E-state index is 0.407. The molecule has 0 bridgehead atoms. The SMILES string of the molecule is CCNC(=NCc1cnn(-c2ccccc2)c1)NC(C)CC. The van der Waals surface area contributed by atoms with Gasteiger partial charge in [-0.25, -0.2) is 9.67 Å². The molecule has 1 aromatic carbocycles. The van der Waals surface area contributed by atoms with Gasteiger partial charge in [0.1, 0.15) is 0 Å². The summed E-state index contributed by atoms with van der Waals surface area (Å²) < 4.78 is 1.87. The number of aliphatic imine (C=N–C) groups is 1. The van der Waals surface area contributed by atoms with Gasteiger partial charge in [0.25, 0.3) is 0 Å². The van der Waals surface area contributed by atoms with Gasteiger partial charge >= 0.3 is 0 Å². The van der Waals surface area contributed by atoms with Gasteiger partial charge in [0.05, 0.1) is 18.4 Å². The Balaban J connectivity index is 2.03. The van der Waals surface area contributed by atoms with Crippen molar-refractivity contribution in [2.24, 2.45) is 4.99 Å². The zero-order valence-electron chi connectivity index (χ0n) is 13.6. The van der Waals surface area contributed by atoms with E-state index in [-0.39, 0.29) is 0 Å². The molecule has 0 aliphatic carbocycles. The van der Waals surface area contributed by atoms with Crippen molar-refractivity contribution in [3.8, 4) is 5.69 Å². The topological polar surface area (TPSA) is 54.2 Å². The van der Waals surface area contributed by atoms with E-state index in [0.717, 1.165) is 30.2 Å². The summed E-state index contributed by atoms with van der Waals surface area (Å²) in [5.41, 5.74) is 2.15. The molecule has 5 heteroatoms. The number of rotatable bonds is 6. The molecule has 0 spiro atoms. The third kappa shape index (κ3) is 4.62. The van der Waals surface area contributed by atoms with E-state index in [1.165, 1.54) is 0 Å². The lowest BCUT2D eigenvalue weighted by atomic mass is 10.3. The summed E-state index contributed by atoms with van der Waals surface area (Å²) in [7, 11) is 0. The Bertz CT molecular complexity index is 588. The van der Waals surface area contributed by atoms with Gasteiger partial charge in [0, 0.05) is 24.3 Å². The number of nitrogens with one attached hydrogen (secondary N) is 2. The second-order valence-electron chi connectivity index (χ2n) is 5.28. The lowest BCUT2D eigenvalue weighted by Crippen LogP contribution is -2.41. The van der Waals surface area contributed by atoms with Crippen LogP contribution < -0.4 is 10.6 Å². The van der Waals surface area contributed by atoms with Crippen LogP contribution in [-0.2, 0) is 6.54 Å². The molecule has 0 saturated heterocycles. The number of nitrogens with zero attached hydrogens (tertiary/aromatic N) is 3. The van der Waals surface area contributed by atoms with E-state index in [9.17, 15) is 0 Å². The molecule has 0 saturated carbocycles. The highest BCUT2D eigenvalue weighted by Gasteiger charge is 2.04. The Hall–Kier alpha value is -2.30.